The van der Waals surface area contributed by atoms with Crippen molar-refractivity contribution in [2.75, 3.05) is 5.43 Å². The Morgan fingerprint density at radius 3 is 2.65 bits per heavy atom. The highest BCUT2D eigenvalue weighted by molar-refractivity contribution is 5.83. The van der Waals surface area contributed by atoms with Crippen molar-refractivity contribution in [3.05, 3.63) is 72.4 Å². The van der Waals surface area contributed by atoms with Gasteiger partial charge in [-0.2, -0.15) is 5.10 Å². The molecule has 0 radical (unpaired) electrons. The van der Waals surface area contributed by atoms with Crippen molar-refractivity contribution in [1.82, 2.24) is 4.98 Å². The number of benzene rings is 2. The van der Waals surface area contributed by atoms with Crippen LogP contribution in [0.4, 0.5) is 5.69 Å². The minimum absolute atomic E-state index is 1.05. The van der Waals surface area contributed by atoms with Gasteiger partial charge in [0, 0.05) is 17.9 Å². The summed E-state index contributed by atoms with van der Waals surface area (Å²) in [5, 5.41) is 5.23. The number of rotatable bonds is 0. The first-order valence-corrected chi connectivity index (χ1v) is 6.50. The Morgan fingerprint density at radius 2 is 1.70 bits per heavy atom. The highest BCUT2D eigenvalue weighted by atomic mass is 15.3. The molecule has 4 rings (SSSR count). The molecule has 0 aliphatic carbocycles. The van der Waals surface area contributed by atoms with E-state index < -0.39 is 0 Å². The van der Waals surface area contributed by atoms with Crippen LogP contribution in [0.3, 0.4) is 0 Å². The van der Waals surface area contributed by atoms with E-state index >= 15 is 0 Å². The van der Waals surface area contributed by atoms with E-state index in [1.165, 1.54) is 16.5 Å². The molecular weight excluding hydrogens is 246 g/mol. The van der Waals surface area contributed by atoms with Crippen LogP contribution in [0.2, 0.25) is 0 Å². The molecule has 0 spiro atoms. The number of hydrogen-bond acceptors (Lipinski definition) is 2. The number of H-pyrrole nitrogens is 1. The second-order valence-electron chi connectivity index (χ2n) is 4.40. The summed E-state index contributed by atoms with van der Waals surface area (Å²) in [6.07, 6.45) is 7.63. The third-order valence-electron chi connectivity index (χ3n) is 3.04. The van der Waals surface area contributed by atoms with E-state index in [0.717, 1.165) is 5.69 Å². The van der Waals surface area contributed by atoms with Gasteiger partial charge in [-0.25, -0.2) is 0 Å². The number of nitrogens with one attached hydrogen (secondary N) is 2. The molecule has 0 bridgehead atoms. The number of aromatic amines is 1. The Kier molecular flexibility index (Phi) is 3.60. The van der Waals surface area contributed by atoms with Gasteiger partial charge in [-0.15, -0.1) is 0 Å². The number of para-hydroxylation sites is 2. The lowest BCUT2D eigenvalue weighted by Gasteiger charge is -2.00. The third-order valence-corrected chi connectivity index (χ3v) is 3.04. The van der Waals surface area contributed by atoms with Gasteiger partial charge in [0.15, 0.2) is 0 Å². The van der Waals surface area contributed by atoms with Crippen molar-refractivity contribution in [1.29, 1.82) is 0 Å². The van der Waals surface area contributed by atoms with Crippen molar-refractivity contribution in [3.63, 3.8) is 0 Å². The molecule has 3 aromatic rings. The monoisotopic (exact) mass is 261 g/mol. The van der Waals surface area contributed by atoms with E-state index in [0.29, 0.717) is 0 Å². The van der Waals surface area contributed by atoms with Gasteiger partial charge in [-0.3, -0.25) is 5.43 Å². The van der Waals surface area contributed by atoms with Crippen LogP contribution < -0.4 is 5.43 Å². The van der Waals surface area contributed by atoms with E-state index in [9.17, 15) is 0 Å². The van der Waals surface area contributed by atoms with Gasteiger partial charge in [0.25, 0.3) is 0 Å². The predicted octanol–water partition coefficient (Wildman–Crippen LogP) is 4.28. The molecule has 1 aliphatic rings. The van der Waals surface area contributed by atoms with Crippen LogP contribution in [-0.2, 0) is 0 Å². The minimum atomic E-state index is 1.05. The molecule has 3 nitrogen and oxygen atoms in total. The topological polar surface area (TPSA) is 40.2 Å². The molecule has 1 aliphatic heterocycles. The van der Waals surface area contributed by atoms with Crippen LogP contribution in [0.25, 0.3) is 17.0 Å². The molecule has 0 saturated heterocycles. The average Bonchev–Trinajstić information content (AvgIpc) is 2.85. The maximum atomic E-state index is 3.95. The highest BCUT2D eigenvalue weighted by Crippen LogP contribution is 2.17. The molecule has 0 unspecified atom stereocenters. The summed E-state index contributed by atoms with van der Waals surface area (Å²) in [5.74, 6) is 0. The maximum absolute atomic E-state index is 3.95. The predicted molar refractivity (Wildman–Crippen MR) is 85.9 cm³/mol. The van der Waals surface area contributed by atoms with Gasteiger partial charge in [0.05, 0.1) is 5.69 Å². The van der Waals surface area contributed by atoms with E-state index in [1.807, 2.05) is 54.7 Å². The summed E-state index contributed by atoms with van der Waals surface area (Å²) >= 11 is 0. The first-order chi connectivity index (χ1) is 9.93. The molecule has 0 amide bonds. The number of aromatic nitrogens is 1. The normalized spacial score (nSPS) is 12.0. The van der Waals surface area contributed by atoms with Crippen molar-refractivity contribution in [2.24, 2.45) is 5.10 Å². The summed E-state index contributed by atoms with van der Waals surface area (Å²) in [5.41, 5.74) is 6.36. The lowest BCUT2D eigenvalue weighted by Crippen LogP contribution is -1.87. The van der Waals surface area contributed by atoms with Crippen LogP contribution in [0.1, 0.15) is 5.56 Å². The minimum Gasteiger partial charge on any atom is -0.361 e. The summed E-state index contributed by atoms with van der Waals surface area (Å²) in [7, 11) is 0. The molecule has 3 heteroatoms. The largest absolute Gasteiger partial charge is 0.361 e. The fraction of sp³-hybridized carbons (Fsp3) is 0. The molecule has 1 aromatic heterocycles. The van der Waals surface area contributed by atoms with Gasteiger partial charge >= 0.3 is 0 Å². The number of nitrogens with zero attached hydrogens (tertiary/aromatic N) is 1. The van der Waals surface area contributed by atoms with E-state index in [-0.39, 0.29) is 0 Å². The van der Waals surface area contributed by atoms with Crippen LogP contribution >= 0.6 is 0 Å². The summed E-state index contributed by atoms with van der Waals surface area (Å²) in [6, 6.07) is 18.3. The summed E-state index contributed by atoms with van der Waals surface area (Å²) < 4.78 is 0. The molecule has 0 atom stereocenters. The van der Waals surface area contributed by atoms with Crippen LogP contribution in [0, 0.1) is 0 Å². The molecule has 0 fully saturated rings. The van der Waals surface area contributed by atoms with Crippen LogP contribution in [-0.4, -0.2) is 11.2 Å². The molecule has 2 aromatic carbocycles. The standard InChI is InChI=1S/C9H8N2.C8H7N/c1-2-6-9-8(4-1)5-3-7-10-11-9;1-2-4-8-7(3-1)5-6-9-8/h1-7,11H;1-6,9H. The molecule has 20 heavy (non-hydrogen) atoms. The van der Waals surface area contributed by atoms with Gasteiger partial charge in [-0.05, 0) is 35.2 Å². The lowest BCUT2D eigenvalue weighted by atomic mass is 10.2. The molecular formula is C17H15N3. The Bertz CT molecular complexity index is 723. The van der Waals surface area contributed by atoms with Gasteiger partial charge in [0.2, 0.25) is 0 Å². The van der Waals surface area contributed by atoms with E-state index in [1.54, 1.807) is 6.21 Å². The Morgan fingerprint density at radius 1 is 0.850 bits per heavy atom. The zero-order valence-electron chi connectivity index (χ0n) is 11.0. The molecule has 98 valence electrons. The van der Waals surface area contributed by atoms with Crippen LogP contribution in [0.5, 0.6) is 0 Å². The van der Waals surface area contributed by atoms with E-state index in [4.69, 9.17) is 0 Å². The fourth-order valence-electron chi connectivity index (χ4n) is 2.04. The van der Waals surface area contributed by atoms with Crippen molar-refractivity contribution in [3.8, 4) is 0 Å². The van der Waals surface area contributed by atoms with Crippen LogP contribution in [0.15, 0.2) is 72.0 Å². The quantitative estimate of drug-likeness (QED) is 0.623. The number of anilines is 1. The lowest BCUT2D eigenvalue weighted by molar-refractivity contribution is 1.36. The van der Waals surface area contributed by atoms with Crippen molar-refractivity contribution >= 4 is 28.9 Å². The van der Waals surface area contributed by atoms with Gasteiger partial charge < -0.3 is 4.98 Å². The smallest absolute Gasteiger partial charge is 0.0634 e. The Hall–Kier alpha value is -2.81. The molecule has 2 heterocycles. The third kappa shape index (κ3) is 2.78. The summed E-state index contributed by atoms with van der Waals surface area (Å²) in [4.78, 5) is 3.12. The van der Waals surface area contributed by atoms with Gasteiger partial charge in [0.1, 0.15) is 0 Å². The first-order valence-electron chi connectivity index (χ1n) is 6.50. The molecule has 0 saturated carbocycles. The summed E-state index contributed by atoms with van der Waals surface area (Å²) in [6.45, 7) is 0. The Labute approximate surface area is 117 Å². The SMILES string of the molecule is C1=Cc2ccccc2NN=C1.c1ccc2[nH]ccc2c1. The average molecular weight is 261 g/mol. The maximum Gasteiger partial charge on any atom is 0.0634 e. The number of fused-ring (bicyclic) bond motifs is 2. The van der Waals surface area contributed by atoms with Crippen molar-refractivity contribution < 1.29 is 0 Å². The second kappa shape index (κ2) is 5.89. The second-order valence-corrected chi connectivity index (χ2v) is 4.40. The zero-order chi connectivity index (χ0) is 13.6. The fourth-order valence-corrected chi connectivity index (χ4v) is 2.04. The zero-order valence-corrected chi connectivity index (χ0v) is 11.0. The van der Waals surface area contributed by atoms with Crippen molar-refractivity contribution in [2.45, 2.75) is 0 Å². The number of allylic oxidation sites excluding steroid dienone is 1. The first kappa shape index (κ1) is 12.2. The number of hydrogen-bond donors (Lipinski definition) is 2. The highest BCUT2D eigenvalue weighted by Gasteiger charge is 1.96. The van der Waals surface area contributed by atoms with E-state index in [2.05, 4.69) is 33.7 Å². The molecule has 2 N–H and O–H groups in total. The Balaban J connectivity index is 0.000000123. The number of hydrazone groups is 1. The van der Waals surface area contributed by atoms with Gasteiger partial charge in [-0.1, -0.05) is 42.5 Å².